The molecule has 180 valence electrons. The molecule has 8 N–H and O–H groups in total. The molecular weight excluding hydrogens is 402 g/mol. The van der Waals surface area contributed by atoms with Gasteiger partial charge in [0, 0.05) is 0 Å². The molecule has 0 aromatic carbocycles. The lowest BCUT2D eigenvalue weighted by molar-refractivity contribution is -0.142. The van der Waals surface area contributed by atoms with Gasteiger partial charge in [-0.1, -0.05) is 47.0 Å². The largest absolute Gasteiger partial charge is 0.480 e. The molecule has 0 radical (unpaired) electrons. The number of nitrogens with two attached hydrogens (primary N) is 2. The van der Waals surface area contributed by atoms with Crippen molar-refractivity contribution in [1.82, 2.24) is 16.0 Å². The molecule has 0 heterocycles. The van der Waals surface area contributed by atoms with Crippen LogP contribution >= 0.6 is 0 Å². The van der Waals surface area contributed by atoms with E-state index in [9.17, 15) is 19.2 Å². The molecule has 0 fully saturated rings. The standard InChI is InChI=1S/C21H41N5O5/c1-6-12(3)16(19(28)24-14(5)21(30)31)26-20(29)17(13(4)7-2)25-18(27)15(23)10-8-9-11-22/h12-17H,6-11,22-23H2,1-5H3,(H,24,28)(H,25,27)(H,26,29)(H,30,31). The maximum Gasteiger partial charge on any atom is 0.325 e. The van der Waals surface area contributed by atoms with Crippen LogP contribution in [0, 0.1) is 11.8 Å². The van der Waals surface area contributed by atoms with Crippen LogP contribution in [0.4, 0.5) is 0 Å². The molecule has 0 aliphatic carbocycles. The highest BCUT2D eigenvalue weighted by atomic mass is 16.4. The molecule has 0 aliphatic heterocycles. The van der Waals surface area contributed by atoms with E-state index in [1.54, 1.807) is 6.92 Å². The van der Waals surface area contributed by atoms with Gasteiger partial charge in [0.1, 0.15) is 18.1 Å². The Kier molecular flexibility index (Phi) is 13.7. The van der Waals surface area contributed by atoms with Crippen LogP contribution in [0.15, 0.2) is 0 Å². The summed E-state index contributed by atoms with van der Waals surface area (Å²) in [6.07, 6.45) is 3.14. The van der Waals surface area contributed by atoms with E-state index >= 15 is 0 Å². The SMILES string of the molecule is CCC(C)C(NC(=O)C(N)CCCCN)C(=O)NC(C(=O)NC(C)C(=O)O)C(C)CC. The molecule has 10 heteroatoms. The third kappa shape index (κ3) is 10.1. The first-order chi connectivity index (χ1) is 14.5. The van der Waals surface area contributed by atoms with Crippen molar-refractivity contribution in [2.24, 2.45) is 23.3 Å². The van der Waals surface area contributed by atoms with Crippen molar-refractivity contribution in [2.75, 3.05) is 6.54 Å². The highest BCUT2D eigenvalue weighted by molar-refractivity contribution is 5.94. The summed E-state index contributed by atoms with van der Waals surface area (Å²) in [5.41, 5.74) is 11.4. The fraction of sp³-hybridized carbons (Fsp3) is 0.810. The predicted molar refractivity (Wildman–Crippen MR) is 119 cm³/mol. The zero-order chi connectivity index (χ0) is 24.1. The minimum absolute atomic E-state index is 0.196. The van der Waals surface area contributed by atoms with E-state index in [4.69, 9.17) is 16.6 Å². The summed E-state index contributed by atoms with van der Waals surface area (Å²) in [5, 5.41) is 16.9. The number of hydrogen-bond acceptors (Lipinski definition) is 6. The van der Waals surface area contributed by atoms with Crippen LogP contribution in [0.3, 0.4) is 0 Å². The molecule has 6 atom stereocenters. The highest BCUT2D eigenvalue weighted by Crippen LogP contribution is 2.13. The van der Waals surface area contributed by atoms with Gasteiger partial charge in [0.25, 0.3) is 0 Å². The number of carboxylic acids is 1. The van der Waals surface area contributed by atoms with Gasteiger partial charge in [0.15, 0.2) is 0 Å². The molecule has 0 aliphatic rings. The maximum atomic E-state index is 13.0. The number of carbonyl (C=O) groups excluding carboxylic acids is 3. The van der Waals surface area contributed by atoms with Crippen molar-refractivity contribution >= 4 is 23.7 Å². The second-order valence-electron chi connectivity index (χ2n) is 8.20. The van der Waals surface area contributed by atoms with E-state index in [2.05, 4.69) is 16.0 Å². The van der Waals surface area contributed by atoms with Crippen molar-refractivity contribution in [2.45, 2.75) is 90.9 Å². The Morgan fingerprint density at radius 3 is 1.68 bits per heavy atom. The molecule has 10 nitrogen and oxygen atoms in total. The summed E-state index contributed by atoms with van der Waals surface area (Å²) in [5.74, 6) is -3.11. The van der Waals surface area contributed by atoms with Crippen LogP contribution in [-0.4, -0.2) is 59.5 Å². The summed E-state index contributed by atoms with van der Waals surface area (Å²) < 4.78 is 0. The first-order valence-electron chi connectivity index (χ1n) is 11.1. The number of hydrogen-bond donors (Lipinski definition) is 6. The van der Waals surface area contributed by atoms with Gasteiger partial charge in [-0.05, 0) is 38.1 Å². The Bertz CT molecular complexity index is 601. The van der Waals surface area contributed by atoms with Crippen LogP contribution in [0.2, 0.25) is 0 Å². The fourth-order valence-corrected chi connectivity index (χ4v) is 2.91. The van der Waals surface area contributed by atoms with Gasteiger partial charge in [-0.15, -0.1) is 0 Å². The zero-order valence-corrected chi connectivity index (χ0v) is 19.4. The lowest BCUT2D eigenvalue weighted by Crippen LogP contribution is -2.59. The third-order valence-electron chi connectivity index (χ3n) is 5.62. The zero-order valence-electron chi connectivity index (χ0n) is 19.4. The summed E-state index contributed by atoms with van der Waals surface area (Å²) in [6.45, 7) is 9.25. The molecule has 0 spiro atoms. The normalized spacial score (nSPS) is 16.9. The molecular formula is C21H41N5O5. The summed E-state index contributed by atoms with van der Waals surface area (Å²) >= 11 is 0. The first-order valence-corrected chi connectivity index (χ1v) is 11.1. The van der Waals surface area contributed by atoms with E-state index in [-0.39, 0.29) is 11.8 Å². The fourth-order valence-electron chi connectivity index (χ4n) is 2.91. The second kappa shape index (κ2) is 14.7. The van der Waals surface area contributed by atoms with Crippen LogP contribution in [-0.2, 0) is 19.2 Å². The van der Waals surface area contributed by atoms with Gasteiger partial charge in [0.2, 0.25) is 17.7 Å². The van der Waals surface area contributed by atoms with Crippen LogP contribution in [0.5, 0.6) is 0 Å². The Morgan fingerprint density at radius 1 is 0.806 bits per heavy atom. The molecule has 0 aromatic rings. The average Bonchev–Trinajstić information content (AvgIpc) is 2.73. The number of carbonyl (C=O) groups is 4. The van der Waals surface area contributed by atoms with E-state index < -0.39 is 47.9 Å². The predicted octanol–water partition coefficient (Wildman–Crippen LogP) is 0.0938. The number of aliphatic carboxylic acids is 1. The van der Waals surface area contributed by atoms with Crippen molar-refractivity contribution in [3.05, 3.63) is 0 Å². The summed E-state index contributed by atoms with van der Waals surface area (Å²) in [7, 11) is 0. The quantitative estimate of drug-likeness (QED) is 0.194. The second-order valence-corrected chi connectivity index (χ2v) is 8.20. The lowest BCUT2D eigenvalue weighted by atomic mass is 9.94. The number of carboxylic acid groups (broad SMARTS) is 1. The van der Waals surface area contributed by atoms with E-state index in [0.717, 1.165) is 6.42 Å². The molecule has 0 saturated heterocycles. The number of nitrogens with one attached hydrogen (secondary N) is 3. The van der Waals surface area contributed by atoms with Gasteiger partial charge in [0.05, 0.1) is 6.04 Å². The molecule has 0 bridgehead atoms. The van der Waals surface area contributed by atoms with Gasteiger partial charge in [-0.25, -0.2) is 0 Å². The highest BCUT2D eigenvalue weighted by Gasteiger charge is 2.33. The Morgan fingerprint density at radius 2 is 1.26 bits per heavy atom. The molecule has 0 rings (SSSR count). The van der Waals surface area contributed by atoms with Crippen LogP contribution in [0.25, 0.3) is 0 Å². The first kappa shape index (κ1) is 28.8. The smallest absolute Gasteiger partial charge is 0.325 e. The van der Waals surface area contributed by atoms with Crippen LogP contribution in [0.1, 0.15) is 66.7 Å². The number of amides is 3. The minimum atomic E-state index is -1.17. The summed E-state index contributed by atoms with van der Waals surface area (Å²) in [4.78, 5) is 49.2. The van der Waals surface area contributed by atoms with Gasteiger partial charge in [-0.2, -0.15) is 0 Å². The van der Waals surface area contributed by atoms with Gasteiger partial charge in [-0.3, -0.25) is 19.2 Å². The number of unbranched alkanes of at least 4 members (excludes halogenated alkanes) is 1. The average molecular weight is 444 g/mol. The molecule has 6 unspecified atom stereocenters. The van der Waals surface area contributed by atoms with Gasteiger partial charge >= 0.3 is 5.97 Å². The van der Waals surface area contributed by atoms with Crippen molar-refractivity contribution in [3.8, 4) is 0 Å². The lowest BCUT2D eigenvalue weighted by Gasteiger charge is -2.29. The van der Waals surface area contributed by atoms with E-state index in [1.165, 1.54) is 6.92 Å². The van der Waals surface area contributed by atoms with E-state index in [0.29, 0.717) is 32.2 Å². The molecule has 3 amide bonds. The molecule has 0 aromatic heterocycles. The van der Waals surface area contributed by atoms with Crippen molar-refractivity contribution < 1.29 is 24.3 Å². The molecule has 0 saturated carbocycles. The third-order valence-corrected chi connectivity index (χ3v) is 5.62. The summed E-state index contributed by atoms with van der Waals surface area (Å²) in [6, 6.07) is -3.64. The number of rotatable bonds is 15. The minimum Gasteiger partial charge on any atom is -0.480 e. The molecule has 31 heavy (non-hydrogen) atoms. The Hall–Kier alpha value is -2.20. The monoisotopic (exact) mass is 443 g/mol. The van der Waals surface area contributed by atoms with Crippen LogP contribution < -0.4 is 27.4 Å². The van der Waals surface area contributed by atoms with E-state index in [1.807, 2.05) is 20.8 Å². The maximum absolute atomic E-state index is 13.0. The topological polar surface area (TPSA) is 177 Å². The van der Waals surface area contributed by atoms with Crippen molar-refractivity contribution in [3.63, 3.8) is 0 Å². The Labute approximate surface area is 185 Å². The van der Waals surface area contributed by atoms with Crippen molar-refractivity contribution in [1.29, 1.82) is 0 Å². The van der Waals surface area contributed by atoms with Gasteiger partial charge < -0.3 is 32.5 Å². The Balaban J connectivity index is 5.36.